The minimum absolute atomic E-state index is 0.0488. The van der Waals surface area contributed by atoms with Crippen LogP contribution in [0.1, 0.15) is 120 Å². The van der Waals surface area contributed by atoms with Crippen LogP contribution in [0.5, 0.6) is 0 Å². The number of hydrogen-bond acceptors (Lipinski definition) is 4. The quantitative estimate of drug-likeness (QED) is 0.357. The van der Waals surface area contributed by atoms with Crippen LogP contribution in [-0.4, -0.2) is 40.1 Å². The number of hydrogen-bond donors (Lipinski definition) is 1. The molecule has 39 heavy (non-hydrogen) atoms. The third-order valence-corrected chi connectivity index (χ3v) is 11.0. The van der Waals surface area contributed by atoms with Gasteiger partial charge in [0.25, 0.3) is 5.91 Å². The molecule has 1 N–H and O–H groups in total. The summed E-state index contributed by atoms with van der Waals surface area (Å²) in [5.74, 6) is 1.17. The molecule has 0 radical (unpaired) electrons. The summed E-state index contributed by atoms with van der Waals surface area (Å²) in [4.78, 5) is 15.0. The number of rotatable bonds is 7. The maximum absolute atomic E-state index is 13.6. The molecule has 214 valence electrons. The van der Waals surface area contributed by atoms with Crippen molar-refractivity contribution in [2.75, 3.05) is 13.2 Å². The Hall–Kier alpha value is -1.76. The lowest BCUT2D eigenvalue weighted by atomic mass is 9.83. The van der Waals surface area contributed by atoms with Gasteiger partial charge in [-0.25, -0.2) is 4.31 Å². The summed E-state index contributed by atoms with van der Waals surface area (Å²) in [6, 6.07) is 7.69. The Balaban J connectivity index is 1.59. The summed E-state index contributed by atoms with van der Waals surface area (Å²) >= 11 is 1.93. The number of nitrogens with one attached hydrogen (secondary N) is 1. The molecule has 1 saturated carbocycles. The molecule has 1 aromatic heterocycles. The zero-order valence-corrected chi connectivity index (χ0v) is 26.0. The van der Waals surface area contributed by atoms with Gasteiger partial charge in [0.1, 0.15) is 5.69 Å². The lowest BCUT2D eigenvalue weighted by Gasteiger charge is -2.34. The zero-order chi connectivity index (χ0) is 27.9. The maximum atomic E-state index is 13.6. The molecule has 1 aromatic carbocycles. The molecular formula is C33H49N3O2S. The fourth-order valence-corrected chi connectivity index (χ4v) is 8.54. The number of fused-ring (bicyclic) bond motifs is 1. The van der Waals surface area contributed by atoms with Gasteiger partial charge in [-0.1, -0.05) is 46.0 Å². The second kappa shape index (κ2) is 11.6. The van der Waals surface area contributed by atoms with E-state index in [9.17, 15) is 4.79 Å². The summed E-state index contributed by atoms with van der Waals surface area (Å²) in [6.45, 7) is 15.4. The average Bonchev–Trinajstić information content (AvgIpc) is 3.37. The fourth-order valence-electron chi connectivity index (χ4n) is 7.00. The second-order valence-corrected chi connectivity index (χ2v) is 14.2. The number of benzene rings is 1. The van der Waals surface area contributed by atoms with Crippen molar-refractivity contribution in [1.29, 1.82) is 0 Å². The van der Waals surface area contributed by atoms with Crippen LogP contribution in [0.25, 0.3) is 11.1 Å². The maximum Gasteiger partial charge on any atom is 0.268 e. The highest BCUT2D eigenvalue weighted by molar-refractivity contribution is 7.97. The van der Waals surface area contributed by atoms with Gasteiger partial charge in [0, 0.05) is 48.5 Å². The van der Waals surface area contributed by atoms with Crippen LogP contribution in [0.4, 0.5) is 0 Å². The summed E-state index contributed by atoms with van der Waals surface area (Å²) < 4.78 is 10.3. The lowest BCUT2D eigenvalue weighted by Crippen LogP contribution is -2.39. The first kappa shape index (κ1) is 28.8. The molecule has 5 rings (SSSR count). The van der Waals surface area contributed by atoms with E-state index < -0.39 is 0 Å². The number of carbonyl (C=O) groups is 1. The van der Waals surface area contributed by atoms with E-state index in [4.69, 9.17) is 4.74 Å². The minimum atomic E-state index is -0.0601. The van der Waals surface area contributed by atoms with Gasteiger partial charge in [-0.2, -0.15) is 0 Å². The van der Waals surface area contributed by atoms with Crippen molar-refractivity contribution in [2.45, 2.75) is 121 Å². The van der Waals surface area contributed by atoms with Gasteiger partial charge >= 0.3 is 0 Å². The highest BCUT2D eigenvalue weighted by atomic mass is 32.2. The van der Waals surface area contributed by atoms with Crippen LogP contribution in [-0.2, 0) is 23.7 Å². The average molecular weight is 552 g/mol. The molecule has 1 aliphatic carbocycles. The molecule has 2 aliphatic heterocycles. The third-order valence-electron chi connectivity index (χ3n) is 9.27. The van der Waals surface area contributed by atoms with E-state index in [1.165, 1.54) is 64.9 Å². The molecular weight excluding hydrogens is 502 g/mol. The van der Waals surface area contributed by atoms with Gasteiger partial charge in [0.2, 0.25) is 0 Å². The number of amides is 1. The smallest absolute Gasteiger partial charge is 0.268 e. The number of nitrogens with zero attached hydrogens (tertiary/aromatic N) is 2. The van der Waals surface area contributed by atoms with Crippen molar-refractivity contribution in [2.24, 2.45) is 13.0 Å². The largest absolute Gasteiger partial charge is 0.381 e. The molecule has 5 nitrogen and oxygen atoms in total. The predicted octanol–water partition coefficient (Wildman–Crippen LogP) is 7.81. The van der Waals surface area contributed by atoms with Crippen molar-refractivity contribution in [3.8, 4) is 11.1 Å². The molecule has 1 saturated heterocycles. The molecule has 3 heterocycles. The topological polar surface area (TPSA) is 46.5 Å². The van der Waals surface area contributed by atoms with E-state index in [0.29, 0.717) is 17.9 Å². The molecule has 0 bridgehead atoms. The van der Waals surface area contributed by atoms with Crippen molar-refractivity contribution in [3.63, 3.8) is 0 Å². The molecule has 6 heteroatoms. The summed E-state index contributed by atoms with van der Waals surface area (Å²) in [5.41, 5.74) is 7.39. The zero-order valence-electron chi connectivity index (χ0n) is 25.2. The highest BCUT2D eigenvalue weighted by Crippen LogP contribution is 2.53. The summed E-state index contributed by atoms with van der Waals surface area (Å²) in [7, 11) is 2.11. The minimum Gasteiger partial charge on any atom is -0.381 e. The first-order valence-electron chi connectivity index (χ1n) is 15.3. The number of carbonyl (C=O) groups excluding carboxylic acids is 1. The predicted molar refractivity (Wildman–Crippen MR) is 162 cm³/mol. The lowest BCUT2D eigenvalue weighted by molar-refractivity contribution is 0.0692. The van der Waals surface area contributed by atoms with E-state index in [-0.39, 0.29) is 17.5 Å². The molecule has 2 aromatic rings. The van der Waals surface area contributed by atoms with Crippen LogP contribution >= 0.6 is 11.9 Å². The van der Waals surface area contributed by atoms with Gasteiger partial charge in [-0.05, 0) is 106 Å². The molecule has 0 atom stereocenters. The van der Waals surface area contributed by atoms with Crippen molar-refractivity contribution < 1.29 is 9.53 Å². The van der Waals surface area contributed by atoms with E-state index in [0.717, 1.165) is 38.2 Å². The first-order chi connectivity index (χ1) is 18.6. The van der Waals surface area contributed by atoms with Crippen LogP contribution in [0.3, 0.4) is 0 Å². The Morgan fingerprint density at radius 2 is 1.74 bits per heavy atom. The highest BCUT2D eigenvalue weighted by Gasteiger charge is 2.42. The summed E-state index contributed by atoms with van der Waals surface area (Å²) in [6.07, 6.45) is 9.42. The van der Waals surface area contributed by atoms with E-state index >= 15 is 0 Å². The van der Waals surface area contributed by atoms with Gasteiger partial charge in [-0.3, -0.25) is 4.79 Å². The van der Waals surface area contributed by atoms with Crippen LogP contribution in [0.2, 0.25) is 0 Å². The monoisotopic (exact) mass is 551 g/mol. The van der Waals surface area contributed by atoms with Gasteiger partial charge in [-0.15, -0.1) is 0 Å². The Morgan fingerprint density at radius 3 is 2.38 bits per heavy atom. The van der Waals surface area contributed by atoms with E-state index in [1.807, 2.05) is 11.9 Å². The van der Waals surface area contributed by atoms with Crippen molar-refractivity contribution in [3.05, 3.63) is 40.7 Å². The van der Waals surface area contributed by atoms with Crippen molar-refractivity contribution in [1.82, 2.24) is 14.2 Å². The SMILES string of the molecule is CC(C)c1cc(-c2cc(C(=O)NC3CCOCC3)n(C)c2CC2CCCCC2)cc2c1SN(C(C)C)C2(C)C. The number of ether oxygens (including phenoxy) is 1. The molecule has 3 aliphatic rings. The molecule has 1 amide bonds. The van der Waals surface area contributed by atoms with Gasteiger partial charge in [0.05, 0.1) is 5.54 Å². The molecule has 0 spiro atoms. The summed E-state index contributed by atoms with van der Waals surface area (Å²) in [5, 5.41) is 3.32. The van der Waals surface area contributed by atoms with Crippen LogP contribution in [0.15, 0.2) is 23.1 Å². The van der Waals surface area contributed by atoms with Crippen LogP contribution < -0.4 is 5.32 Å². The normalized spacial score (nSPS) is 20.6. The van der Waals surface area contributed by atoms with Gasteiger partial charge in [0.15, 0.2) is 0 Å². The van der Waals surface area contributed by atoms with E-state index in [2.05, 4.69) is 81.0 Å². The van der Waals surface area contributed by atoms with E-state index in [1.54, 1.807) is 0 Å². The Bertz CT molecular complexity index is 1190. The van der Waals surface area contributed by atoms with Crippen LogP contribution in [0, 0.1) is 5.92 Å². The standard InChI is InChI=1S/C33H49N3O2S/c1-21(2)26-18-24(19-28-31(26)39-36(22(3)4)33(28,5)6)27-20-30(32(37)34-25-13-15-38-16-14-25)35(7)29(27)17-23-11-9-8-10-12-23/h18-23,25H,8-17H2,1-7H3,(H,34,37). The Morgan fingerprint density at radius 1 is 1.05 bits per heavy atom. The Labute approximate surface area is 240 Å². The number of aromatic nitrogens is 1. The third kappa shape index (κ3) is 5.71. The molecule has 0 unspecified atom stereocenters. The second-order valence-electron chi connectivity index (χ2n) is 13.2. The Kier molecular flexibility index (Phi) is 8.57. The first-order valence-corrected chi connectivity index (χ1v) is 16.1. The van der Waals surface area contributed by atoms with Gasteiger partial charge < -0.3 is 14.6 Å². The fraction of sp³-hybridized carbons (Fsp3) is 0.667. The van der Waals surface area contributed by atoms with Crippen molar-refractivity contribution >= 4 is 17.9 Å². The molecule has 2 fully saturated rings.